The molecule has 1 unspecified atom stereocenters. The fourth-order valence-corrected chi connectivity index (χ4v) is 1.09. The highest BCUT2D eigenvalue weighted by atomic mass is 35.5. The van der Waals surface area contributed by atoms with Crippen molar-refractivity contribution in [1.82, 2.24) is 5.32 Å². The maximum Gasteiger partial charge on any atom is 0.163 e. The van der Waals surface area contributed by atoms with E-state index in [-0.39, 0.29) is 24.3 Å². The van der Waals surface area contributed by atoms with Crippen molar-refractivity contribution in [2.75, 3.05) is 20.2 Å². The highest BCUT2D eigenvalue weighted by molar-refractivity contribution is 5.85. The molecule has 1 aliphatic rings. The molecular weight excluding hydrogens is 166 g/mol. The van der Waals surface area contributed by atoms with Crippen molar-refractivity contribution in [1.29, 1.82) is 0 Å². The molecular formula is C7H16ClNO2. The average molecular weight is 182 g/mol. The van der Waals surface area contributed by atoms with Gasteiger partial charge in [0.2, 0.25) is 0 Å². The minimum atomic E-state index is -0.373. The third kappa shape index (κ3) is 3.38. The van der Waals surface area contributed by atoms with E-state index in [9.17, 15) is 0 Å². The Morgan fingerprint density at radius 3 is 2.55 bits per heavy atom. The van der Waals surface area contributed by atoms with E-state index in [1.165, 1.54) is 0 Å². The van der Waals surface area contributed by atoms with Crippen molar-refractivity contribution in [2.24, 2.45) is 0 Å². The van der Waals surface area contributed by atoms with Crippen molar-refractivity contribution in [3.63, 3.8) is 0 Å². The van der Waals surface area contributed by atoms with Gasteiger partial charge in [-0.2, -0.15) is 0 Å². The van der Waals surface area contributed by atoms with E-state index in [4.69, 9.17) is 9.47 Å². The molecule has 1 fully saturated rings. The molecule has 1 saturated heterocycles. The van der Waals surface area contributed by atoms with E-state index < -0.39 is 0 Å². The molecule has 1 aliphatic heterocycles. The van der Waals surface area contributed by atoms with Crippen LogP contribution < -0.4 is 5.32 Å². The second-order valence-electron chi connectivity index (χ2n) is 3.01. The third-order valence-corrected chi connectivity index (χ3v) is 1.50. The molecule has 0 amide bonds. The molecule has 1 heterocycles. The molecule has 0 aliphatic carbocycles. The van der Waals surface area contributed by atoms with Crippen LogP contribution in [0.1, 0.15) is 13.8 Å². The quantitative estimate of drug-likeness (QED) is 0.683. The van der Waals surface area contributed by atoms with Crippen LogP contribution in [-0.4, -0.2) is 32.1 Å². The number of nitrogens with one attached hydrogen (secondary N) is 1. The molecule has 0 aromatic carbocycles. The Kier molecular flexibility index (Phi) is 4.32. The molecule has 0 saturated carbocycles. The Bertz CT molecular complexity index is 119. The molecule has 11 heavy (non-hydrogen) atoms. The molecule has 0 spiro atoms. The topological polar surface area (TPSA) is 30.5 Å². The average Bonchev–Trinajstić information content (AvgIpc) is 2.12. The lowest BCUT2D eigenvalue weighted by molar-refractivity contribution is -0.137. The Balaban J connectivity index is 0.000001000. The first-order chi connectivity index (χ1) is 4.64. The van der Waals surface area contributed by atoms with Crippen molar-refractivity contribution < 1.29 is 9.47 Å². The van der Waals surface area contributed by atoms with E-state index in [1.807, 2.05) is 20.9 Å². The lowest BCUT2D eigenvalue weighted by Gasteiger charge is -2.16. The van der Waals surface area contributed by atoms with Gasteiger partial charge in [0.1, 0.15) is 0 Å². The van der Waals surface area contributed by atoms with Crippen molar-refractivity contribution in [2.45, 2.75) is 25.7 Å². The fourth-order valence-electron chi connectivity index (χ4n) is 1.09. The van der Waals surface area contributed by atoms with Crippen LogP contribution >= 0.6 is 12.4 Å². The number of hydrogen-bond donors (Lipinski definition) is 1. The largest absolute Gasteiger partial charge is 0.348 e. The third-order valence-electron chi connectivity index (χ3n) is 1.50. The smallest absolute Gasteiger partial charge is 0.163 e. The molecule has 3 nitrogen and oxygen atoms in total. The summed E-state index contributed by atoms with van der Waals surface area (Å²) in [6, 6.07) is 0. The predicted molar refractivity (Wildman–Crippen MR) is 46.1 cm³/mol. The van der Waals surface area contributed by atoms with Crippen LogP contribution in [0.3, 0.4) is 0 Å². The van der Waals surface area contributed by atoms with Gasteiger partial charge in [-0.05, 0) is 20.9 Å². The van der Waals surface area contributed by atoms with Gasteiger partial charge in [-0.25, -0.2) is 0 Å². The number of halogens is 1. The second kappa shape index (κ2) is 4.26. The number of hydrogen-bond acceptors (Lipinski definition) is 3. The Morgan fingerprint density at radius 1 is 1.55 bits per heavy atom. The van der Waals surface area contributed by atoms with E-state index in [2.05, 4.69) is 5.32 Å². The van der Waals surface area contributed by atoms with Gasteiger partial charge < -0.3 is 14.8 Å². The first-order valence-corrected chi connectivity index (χ1v) is 3.60. The van der Waals surface area contributed by atoms with Gasteiger partial charge in [-0.15, -0.1) is 12.4 Å². The summed E-state index contributed by atoms with van der Waals surface area (Å²) in [6.07, 6.45) is 0.222. The summed E-state index contributed by atoms with van der Waals surface area (Å²) in [6.45, 7) is 5.43. The van der Waals surface area contributed by atoms with Gasteiger partial charge >= 0.3 is 0 Å². The van der Waals surface area contributed by atoms with E-state index in [0.717, 1.165) is 6.54 Å². The van der Waals surface area contributed by atoms with Crippen LogP contribution in [0.5, 0.6) is 0 Å². The molecule has 68 valence electrons. The van der Waals surface area contributed by atoms with Crippen molar-refractivity contribution in [3.8, 4) is 0 Å². The van der Waals surface area contributed by atoms with Gasteiger partial charge in [0.15, 0.2) is 5.79 Å². The lowest BCUT2D eigenvalue weighted by Crippen LogP contribution is -2.28. The van der Waals surface area contributed by atoms with Crippen molar-refractivity contribution in [3.05, 3.63) is 0 Å². The van der Waals surface area contributed by atoms with Gasteiger partial charge in [-0.1, -0.05) is 0 Å². The Hall–Kier alpha value is 0.170. The van der Waals surface area contributed by atoms with Crippen LogP contribution in [0.2, 0.25) is 0 Å². The zero-order valence-electron chi connectivity index (χ0n) is 7.22. The van der Waals surface area contributed by atoms with E-state index in [0.29, 0.717) is 6.61 Å². The highest BCUT2D eigenvalue weighted by Gasteiger charge is 2.31. The first-order valence-electron chi connectivity index (χ1n) is 3.60. The summed E-state index contributed by atoms with van der Waals surface area (Å²) >= 11 is 0. The van der Waals surface area contributed by atoms with Crippen LogP contribution in [0, 0.1) is 0 Å². The molecule has 1 atom stereocenters. The van der Waals surface area contributed by atoms with E-state index in [1.54, 1.807) is 0 Å². The van der Waals surface area contributed by atoms with Gasteiger partial charge in [0.05, 0.1) is 12.7 Å². The van der Waals surface area contributed by atoms with Crippen LogP contribution in [0.25, 0.3) is 0 Å². The maximum absolute atomic E-state index is 5.50. The summed E-state index contributed by atoms with van der Waals surface area (Å²) in [5, 5.41) is 3.04. The van der Waals surface area contributed by atoms with Gasteiger partial charge in [0.25, 0.3) is 0 Å². The number of rotatable bonds is 2. The molecule has 1 N–H and O–H groups in total. The monoisotopic (exact) mass is 181 g/mol. The lowest BCUT2D eigenvalue weighted by atomic mass is 10.4. The second-order valence-corrected chi connectivity index (χ2v) is 3.01. The SMILES string of the molecule is CNCC1COC(C)(C)O1.Cl. The zero-order chi connectivity index (χ0) is 7.61. The number of likely N-dealkylation sites (N-methyl/N-ethyl adjacent to an activating group) is 1. The molecule has 0 aromatic heterocycles. The minimum absolute atomic E-state index is 0. The summed E-state index contributed by atoms with van der Waals surface area (Å²) in [5.41, 5.74) is 0. The fraction of sp³-hybridized carbons (Fsp3) is 1.00. The standard InChI is InChI=1S/C7H15NO2.ClH/c1-7(2)9-5-6(10-7)4-8-3;/h6,8H,4-5H2,1-3H3;1H. The highest BCUT2D eigenvalue weighted by Crippen LogP contribution is 2.21. The molecule has 4 heteroatoms. The van der Waals surface area contributed by atoms with Gasteiger partial charge in [0, 0.05) is 6.54 Å². The summed E-state index contributed by atoms with van der Waals surface area (Å²) < 4.78 is 10.8. The Morgan fingerprint density at radius 2 is 2.18 bits per heavy atom. The Labute approximate surface area is 73.9 Å². The van der Waals surface area contributed by atoms with Crippen LogP contribution in [-0.2, 0) is 9.47 Å². The summed E-state index contributed by atoms with van der Waals surface area (Å²) in [5.74, 6) is -0.373. The summed E-state index contributed by atoms with van der Waals surface area (Å²) in [4.78, 5) is 0. The minimum Gasteiger partial charge on any atom is -0.348 e. The van der Waals surface area contributed by atoms with Crippen LogP contribution in [0.15, 0.2) is 0 Å². The molecule has 1 rings (SSSR count). The van der Waals surface area contributed by atoms with Crippen LogP contribution in [0.4, 0.5) is 0 Å². The summed E-state index contributed by atoms with van der Waals surface area (Å²) in [7, 11) is 1.91. The van der Waals surface area contributed by atoms with Gasteiger partial charge in [-0.3, -0.25) is 0 Å². The van der Waals surface area contributed by atoms with Crippen molar-refractivity contribution >= 4 is 12.4 Å². The number of ether oxygens (including phenoxy) is 2. The zero-order valence-corrected chi connectivity index (χ0v) is 8.03. The maximum atomic E-state index is 5.50. The molecule has 0 bridgehead atoms. The first kappa shape index (κ1) is 11.2. The van der Waals surface area contributed by atoms with E-state index >= 15 is 0 Å². The normalized spacial score (nSPS) is 28.1. The molecule has 0 radical (unpaired) electrons. The molecule has 0 aromatic rings. The predicted octanol–water partition coefficient (Wildman–Crippen LogP) is 0.779.